The van der Waals surface area contributed by atoms with Crippen molar-refractivity contribution in [2.45, 2.75) is 0 Å². The number of nitrogens with zero attached hydrogens (tertiary/aromatic N) is 1. The van der Waals surface area contributed by atoms with Crippen molar-refractivity contribution >= 4 is 6.34 Å². The van der Waals surface area contributed by atoms with E-state index in [-0.39, 0.29) is 0 Å². The van der Waals surface area contributed by atoms with Gasteiger partial charge in [-0.3, -0.25) is 5.41 Å². The van der Waals surface area contributed by atoms with Crippen LogP contribution in [0, 0.1) is 17.2 Å². The summed E-state index contributed by atoms with van der Waals surface area (Å²) in [5, 5.41) is 12.4. The van der Waals surface area contributed by atoms with Crippen LogP contribution in [-0.2, 0) is 0 Å². The molecule has 0 bridgehead atoms. The Kier molecular flexibility index (Phi) is 12800. The van der Waals surface area contributed by atoms with Crippen molar-refractivity contribution in [2.24, 2.45) is 5.73 Å². The summed E-state index contributed by atoms with van der Waals surface area (Å²) in [4.78, 5) is 0. The minimum atomic E-state index is 0.750. The lowest BCUT2D eigenvalue weighted by Crippen LogP contribution is -1.81. The predicted octanol–water partition coefficient (Wildman–Crippen LogP) is -0.308. The standard InChI is InChI=1S/CH4N2.CHN/c2-1-3;1-2/h1H,(H3,2,3);1H. The largest absolute Gasteiger partial charge is 0.390 e. The molecule has 0 aliphatic carbocycles. The Balaban J connectivity index is 0. The molecule has 0 rings (SSSR count). The molecule has 3 heteroatoms. The fourth-order valence-corrected chi connectivity index (χ4v) is 0. The van der Waals surface area contributed by atoms with Gasteiger partial charge in [-0.2, -0.15) is 0 Å². The molecular weight excluding hydrogens is 66.0 g/mol. The Morgan fingerprint density at radius 2 is 1.80 bits per heavy atom. The summed E-state index contributed by atoms with van der Waals surface area (Å²) in [6, 6.07) is 0. The van der Waals surface area contributed by atoms with Crippen LogP contribution in [0.3, 0.4) is 0 Å². The number of hydrogen-bond acceptors (Lipinski definition) is 2. The van der Waals surface area contributed by atoms with Gasteiger partial charge in [0.25, 0.3) is 0 Å². The van der Waals surface area contributed by atoms with E-state index in [1.165, 1.54) is 0 Å². The topological polar surface area (TPSA) is 73.7 Å². The van der Waals surface area contributed by atoms with Gasteiger partial charge in [-0.1, -0.05) is 0 Å². The van der Waals surface area contributed by atoms with Crippen LogP contribution in [0.15, 0.2) is 0 Å². The minimum absolute atomic E-state index is 0.750. The first-order valence-corrected chi connectivity index (χ1v) is 0.880. The molecule has 3 N–H and O–H groups in total. The van der Waals surface area contributed by atoms with Crippen molar-refractivity contribution in [1.29, 1.82) is 10.7 Å². The van der Waals surface area contributed by atoms with Crippen molar-refractivity contribution in [3.8, 4) is 6.57 Å². The van der Waals surface area contributed by atoms with Gasteiger partial charge in [-0.25, -0.2) is 5.26 Å². The molecule has 3 nitrogen and oxygen atoms in total. The van der Waals surface area contributed by atoms with E-state index in [2.05, 4.69) is 12.3 Å². The van der Waals surface area contributed by atoms with Crippen LogP contribution in [0.1, 0.15) is 0 Å². The number of nitrogens with two attached hydrogens (primary N) is 1. The summed E-state index contributed by atoms with van der Waals surface area (Å²) >= 11 is 0. The van der Waals surface area contributed by atoms with Crippen LogP contribution >= 0.6 is 0 Å². The highest BCUT2D eigenvalue weighted by atomic mass is 14.6. The van der Waals surface area contributed by atoms with E-state index in [1.54, 1.807) is 0 Å². The number of hydrogen-bond donors (Lipinski definition) is 2. The highest BCUT2D eigenvalue weighted by Gasteiger charge is 1.10. The monoisotopic (exact) mass is 71.0 g/mol. The van der Waals surface area contributed by atoms with Gasteiger partial charge in [-0.15, -0.1) is 0 Å². The van der Waals surface area contributed by atoms with Gasteiger partial charge in [0.2, 0.25) is 0 Å². The lowest BCUT2D eigenvalue weighted by Gasteiger charge is -1.38. The van der Waals surface area contributed by atoms with Crippen LogP contribution in [0.25, 0.3) is 0 Å². The second-order valence-corrected chi connectivity index (χ2v) is 0.167. The fourth-order valence-electron chi connectivity index (χ4n) is 0. The third-order valence-electron chi connectivity index (χ3n) is 0. The van der Waals surface area contributed by atoms with Crippen molar-refractivity contribution in [1.82, 2.24) is 0 Å². The molecule has 28 valence electrons. The number of nitriles is 1. The second kappa shape index (κ2) is 7110. The Morgan fingerprint density at radius 1 is 1.80 bits per heavy atom. The minimum Gasteiger partial charge on any atom is -0.390 e. The number of rotatable bonds is 0. The summed E-state index contributed by atoms with van der Waals surface area (Å²) < 4.78 is 0. The Bertz CT molecular complexity index is 29.1. The average molecular weight is 71.1 g/mol. The molecule has 0 heterocycles. The second-order valence-electron chi connectivity index (χ2n) is 0.167. The molecular formula is C2H5N3. The molecule has 0 saturated heterocycles. The van der Waals surface area contributed by atoms with Gasteiger partial charge in [0.05, 0.1) is 6.34 Å². The quantitative estimate of drug-likeness (QED) is 0.303. The first-order valence-electron chi connectivity index (χ1n) is 0.880. The maximum Gasteiger partial charge on any atom is 0.0765 e. The predicted molar refractivity (Wildman–Crippen MR) is 19.6 cm³/mol. The highest BCUT2D eigenvalue weighted by molar-refractivity contribution is 5.46. The first-order chi connectivity index (χ1) is 2.41. The first kappa shape index (κ1) is 9.03. The Hall–Kier alpha value is -1.04. The molecule has 5 heavy (non-hydrogen) atoms. The summed E-state index contributed by atoms with van der Waals surface area (Å²) in [6.07, 6.45) is 0.750. The van der Waals surface area contributed by atoms with Gasteiger partial charge in [0.1, 0.15) is 0 Å². The molecule has 0 atom stereocenters. The molecule has 0 amide bonds. The summed E-state index contributed by atoms with van der Waals surface area (Å²) in [5.74, 6) is 0. The molecule has 0 aromatic rings. The van der Waals surface area contributed by atoms with Crippen molar-refractivity contribution < 1.29 is 0 Å². The maximum atomic E-state index is 6.50. The SMILES string of the molecule is C#N.N=CN. The van der Waals surface area contributed by atoms with Crippen LogP contribution in [0.5, 0.6) is 0 Å². The van der Waals surface area contributed by atoms with E-state index >= 15 is 0 Å². The maximum absolute atomic E-state index is 6.50. The zero-order valence-corrected chi connectivity index (χ0v) is 2.68. The summed E-state index contributed by atoms with van der Waals surface area (Å²) in [5.41, 5.74) is 4.39. The third kappa shape index (κ3) is 2.52. The van der Waals surface area contributed by atoms with E-state index in [1.807, 2.05) is 0 Å². The van der Waals surface area contributed by atoms with Crippen LogP contribution in [-0.4, -0.2) is 6.34 Å². The fraction of sp³-hybridized carbons (Fsp3) is 0. The van der Waals surface area contributed by atoms with Gasteiger partial charge >= 0.3 is 0 Å². The zero-order chi connectivity index (χ0) is 4.71. The normalized spacial score (nSPS) is 2.80. The van der Waals surface area contributed by atoms with Gasteiger partial charge in [-0.05, 0) is 0 Å². The zero-order valence-electron chi connectivity index (χ0n) is 2.68. The molecule has 0 aromatic heterocycles. The molecule has 0 saturated carbocycles. The lowest BCUT2D eigenvalue weighted by atomic mass is 11.4. The van der Waals surface area contributed by atoms with E-state index < -0.39 is 0 Å². The highest BCUT2D eigenvalue weighted by Crippen LogP contribution is 0.879. The van der Waals surface area contributed by atoms with Gasteiger partial charge in [0.15, 0.2) is 0 Å². The van der Waals surface area contributed by atoms with Gasteiger partial charge in [0, 0.05) is 6.57 Å². The van der Waals surface area contributed by atoms with Crippen LogP contribution in [0.4, 0.5) is 0 Å². The Morgan fingerprint density at radius 3 is 1.80 bits per heavy atom. The molecule has 0 spiro atoms. The molecule has 0 radical (unpaired) electrons. The molecule has 0 aliphatic rings. The lowest BCUT2D eigenvalue weighted by molar-refractivity contribution is 1.52. The molecule has 0 aliphatic heterocycles. The molecule has 0 fully saturated rings. The molecule has 0 aromatic carbocycles. The van der Waals surface area contributed by atoms with E-state index in [0.717, 1.165) is 6.34 Å². The number of nitrogens with one attached hydrogen (secondary N) is 1. The van der Waals surface area contributed by atoms with E-state index in [0.29, 0.717) is 0 Å². The molecule has 0 unspecified atom stereocenters. The average Bonchev–Trinajstić information content (AvgIpc) is 1.46. The van der Waals surface area contributed by atoms with E-state index in [9.17, 15) is 0 Å². The van der Waals surface area contributed by atoms with Crippen LogP contribution < -0.4 is 5.73 Å². The Labute approximate surface area is 30.5 Å². The van der Waals surface area contributed by atoms with Crippen LogP contribution in [0.2, 0.25) is 0 Å². The summed E-state index contributed by atoms with van der Waals surface area (Å²) in [6.45, 7) is 3.50. The third-order valence-corrected chi connectivity index (χ3v) is 0. The smallest absolute Gasteiger partial charge is 0.0765 e. The van der Waals surface area contributed by atoms with Gasteiger partial charge < -0.3 is 5.73 Å². The van der Waals surface area contributed by atoms with Crippen molar-refractivity contribution in [3.05, 3.63) is 0 Å². The van der Waals surface area contributed by atoms with Crippen molar-refractivity contribution in [2.75, 3.05) is 0 Å². The van der Waals surface area contributed by atoms with E-state index in [4.69, 9.17) is 10.7 Å². The summed E-state index contributed by atoms with van der Waals surface area (Å²) in [7, 11) is 0. The van der Waals surface area contributed by atoms with Crippen molar-refractivity contribution in [3.63, 3.8) is 0 Å².